The van der Waals surface area contributed by atoms with Gasteiger partial charge in [-0.1, -0.05) is 12.1 Å². The zero-order chi connectivity index (χ0) is 18.4. The van der Waals surface area contributed by atoms with Crippen LogP contribution in [0.3, 0.4) is 0 Å². The first-order chi connectivity index (χ1) is 11.8. The SMILES string of the molecule is CCNC(=NCc1ccc(S(C)(=O)=O)cc1)N(C)Cc1csc(C)n1.I. The number of sulfone groups is 1. The molecular formula is C17H25IN4O2S2. The van der Waals surface area contributed by atoms with Gasteiger partial charge in [0.2, 0.25) is 0 Å². The summed E-state index contributed by atoms with van der Waals surface area (Å²) in [5.74, 6) is 0.792. The third kappa shape index (κ3) is 6.84. The highest BCUT2D eigenvalue weighted by atomic mass is 127. The fraction of sp³-hybridized carbons (Fsp3) is 0.412. The molecule has 0 saturated carbocycles. The van der Waals surface area contributed by atoms with E-state index in [0.29, 0.717) is 18.0 Å². The van der Waals surface area contributed by atoms with E-state index < -0.39 is 9.84 Å². The van der Waals surface area contributed by atoms with E-state index >= 15 is 0 Å². The number of halogens is 1. The zero-order valence-corrected chi connectivity index (χ0v) is 19.4. The molecule has 0 aliphatic carbocycles. The van der Waals surface area contributed by atoms with Gasteiger partial charge in [0.15, 0.2) is 15.8 Å². The standard InChI is InChI=1S/C17H24N4O2S2.HI/c1-5-18-17(21(3)11-15-12-24-13(2)20-15)19-10-14-6-8-16(9-7-14)25(4,22)23;/h6-9,12H,5,10-11H2,1-4H3,(H,18,19);1H. The van der Waals surface area contributed by atoms with Crippen molar-refractivity contribution in [2.75, 3.05) is 19.8 Å². The minimum Gasteiger partial charge on any atom is -0.357 e. The molecule has 1 N–H and O–H groups in total. The lowest BCUT2D eigenvalue weighted by atomic mass is 10.2. The van der Waals surface area contributed by atoms with Crippen molar-refractivity contribution in [3.63, 3.8) is 0 Å². The van der Waals surface area contributed by atoms with Crippen molar-refractivity contribution in [3.8, 4) is 0 Å². The highest BCUT2D eigenvalue weighted by molar-refractivity contribution is 14.0. The minimum atomic E-state index is -3.17. The number of benzene rings is 1. The van der Waals surface area contributed by atoms with Gasteiger partial charge in [0.25, 0.3) is 0 Å². The van der Waals surface area contributed by atoms with Crippen LogP contribution in [0.1, 0.15) is 23.2 Å². The van der Waals surface area contributed by atoms with Gasteiger partial charge < -0.3 is 10.2 Å². The van der Waals surface area contributed by atoms with Gasteiger partial charge >= 0.3 is 0 Å². The van der Waals surface area contributed by atoms with Gasteiger partial charge in [-0.3, -0.25) is 0 Å². The first-order valence-corrected chi connectivity index (χ1v) is 10.8. The fourth-order valence-corrected chi connectivity index (χ4v) is 3.51. The molecule has 0 amide bonds. The smallest absolute Gasteiger partial charge is 0.194 e. The van der Waals surface area contributed by atoms with Crippen molar-refractivity contribution in [3.05, 3.63) is 45.9 Å². The molecule has 0 fully saturated rings. The molecule has 1 aromatic heterocycles. The Bertz CT molecular complexity index is 833. The van der Waals surface area contributed by atoms with Gasteiger partial charge in [-0.25, -0.2) is 18.4 Å². The Hall–Kier alpha value is -1.20. The number of nitrogens with zero attached hydrogens (tertiary/aromatic N) is 3. The topological polar surface area (TPSA) is 74.7 Å². The molecule has 26 heavy (non-hydrogen) atoms. The van der Waals surface area contributed by atoms with Crippen LogP contribution in [0.15, 0.2) is 39.5 Å². The molecule has 0 aliphatic rings. The maximum Gasteiger partial charge on any atom is 0.194 e. The van der Waals surface area contributed by atoms with E-state index in [1.807, 2.05) is 25.8 Å². The average Bonchev–Trinajstić information content (AvgIpc) is 2.95. The van der Waals surface area contributed by atoms with Gasteiger partial charge in [0, 0.05) is 25.2 Å². The summed E-state index contributed by atoms with van der Waals surface area (Å²) in [5.41, 5.74) is 1.98. The molecule has 0 spiro atoms. The van der Waals surface area contributed by atoms with Crippen LogP contribution in [-0.2, 0) is 22.9 Å². The minimum absolute atomic E-state index is 0. The molecule has 0 radical (unpaired) electrons. The molecular weight excluding hydrogens is 483 g/mol. The summed E-state index contributed by atoms with van der Waals surface area (Å²) < 4.78 is 23.0. The molecule has 0 unspecified atom stereocenters. The van der Waals surface area contributed by atoms with Gasteiger partial charge in [0.1, 0.15) is 0 Å². The van der Waals surface area contributed by atoms with E-state index in [1.165, 1.54) is 6.26 Å². The molecule has 0 saturated heterocycles. The van der Waals surface area contributed by atoms with E-state index in [-0.39, 0.29) is 24.0 Å². The third-order valence-electron chi connectivity index (χ3n) is 3.53. The molecule has 1 aromatic carbocycles. The lowest BCUT2D eigenvalue weighted by Gasteiger charge is -2.21. The summed E-state index contributed by atoms with van der Waals surface area (Å²) in [6.07, 6.45) is 1.21. The second kappa shape index (κ2) is 10.2. The lowest BCUT2D eigenvalue weighted by molar-refractivity contribution is 0.471. The molecule has 0 bridgehead atoms. The van der Waals surface area contributed by atoms with Crippen molar-refractivity contribution in [2.24, 2.45) is 4.99 Å². The molecule has 144 valence electrons. The molecule has 2 rings (SSSR count). The predicted octanol–water partition coefficient (Wildman–Crippen LogP) is 3.07. The van der Waals surface area contributed by atoms with Crippen LogP contribution < -0.4 is 5.32 Å². The van der Waals surface area contributed by atoms with E-state index in [0.717, 1.165) is 28.8 Å². The largest absolute Gasteiger partial charge is 0.357 e. The highest BCUT2D eigenvalue weighted by Crippen LogP contribution is 2.12. The van der Waals surface area contributed by atoms with Crippen LogP contribution in [0.25, 0.3) is 0 Å². The molecule has 2 aromatic rings. The zero-order valence-electron chi connectivity index (χ0n) is 15.4. The number of guanidine groups is 1. The van der Waals surface area contributed by atoms with Crippen LogP contribution in [0.4, 0.5) is 0 Å². The highest BCUT2D eigenvalue weighted by Gasteiger charge is 2.09. The van der Waals surface area contributed by atoms with E-state index in [2.05, 4.69) is 20.7 Å². The number of hydrogen-bond donors (Lipinski definition) is 1. The van der Waals surface area contributed by atoms with Crippen molar-refractivity contribution in [2.45, 2.75) is 31.8 Å². The van der Waals surface area contributed by atoms with Gasteiger partial charge in [-0.2, -0.15) is 0 Å². The van der Waals surface area contributed by atoms with Crippen LogP contribution in [0.5, 0.6) is 0 Å². The van der Waals surface area contributed by atoms with Crippen molar-refractivity contribution >= 4 is 51.1 Å². The second-order valence-corrected chi connectivity index (χ2v) is 8.88. The Kier molecular flexibility index (Phi) is 8.97. The average molecular weight is 508 g/mol. The van der Waals surface area contributed by atoms with E-state index in [4.69, 9.17) is 0 Å². The normalized spacial score (nSPS) is 11.8. The van der Waals surface area contributed by atoms with Crippen molar-refractivity contribution < 1.29 is 8.42 Å². The summed E-state index contributed by atoms with van der Waals surface area (Å²) in [7, 11) is -1.19. The summed E-state index contributed by atoms with van der Waals surface area (Å²) in [6, 6.07) is 6.84. The van der Waals surface area contributed by atoms with E-state index in [9.17, 15) is 8.42 Å². The lowest BCUT2D eigenvalue weighted by Crippen LogP contribution is -2.38. The molecule has 1 heterocycles. The Morgan fingerprint density at radius 1 is 1.31 bits per heavy atom. The number of thiazole rings is 1. The maximum absolute atomic E-state index is 11.5. The number of aryl methyl sites for hydroxylation is 1. The van der Waals surface area contributed by atoms with Crippen LogP contribution >= 0.6 is 35.3 Å². The summed E-state index contributed by atoms with van der Waals surface area (Å²) in [5, 5.41) is 6.38. The Balaban J connectivity index is 0.00000338. The summed E-state index contributed by atoms with van der Waals surface area (Å²) in [4.78, 5) is 11.5. The maximum atomic E-state index is 11.5. The Labute approximate surface area is 176 Å². The van der Waals surface area contributed by atoms with Crippen molar-refractivity contribution in [1.82, 2.24) is 15.2 Å². The molecule has 6 nitrogen and oxygen atoms in total. The summed E-state index contributed by atoms with van der Waals surface area (Å²) in [6.45, 7) is 5.95. The monoisotopic (exact) mass is 508 g/mol. The van der Waals surface area contributed by atoms with Crippen LogP contribution in [0, 0.1) is 6.92 Å². The number of rotatable bonds is 6. The van der Waals surface area contributed by atoms with Crippen molar-refractivity contribution in [1.29, 1.82) is 0 Å². The first kappa shape index (κ1) is 22.8. The Morgan fingerprint density at radius 3 is 2.46 bits per heavy atom. The van der Waals surface area contributed by atoms with Gasteiger partial charge in [0.05, 0.1) is 28.7 Å². The van der Waals surface area contributed by atoms with Crippen LogP contribution in [0.2, 0.25) is 0 Å². The second-order valence-electron chi connectivity index (χ2n) is 5.80. The Morgan fingerprint density at radius 2 is 1.96 bits per heavy atom. The number of aliphatic imine (C=N–C) groups is 1. The molecule has 0 aliphatic heterocycles. The number of nitrogens with one attached hydrogen (secondary N) is 1. The van der Waals surface area contributed by atoms with Crippen LogP contribution in [-0.4, -0.2) is 44.1 Å². The molecule has 0 atom stereocenters. The predicted molar refractivity (Wildman–Crippen MR) is 118 cm³/mol. The summed E-state index contributed by atoms with van der Waals surface area (Å²) >= 11 is 1.64. The number of aromatic nitrogens is 1. The fourth-order valence-electron chi connectivity index (χ4n) is 2.28. The quantitative estimate of drug-likeness (QED) is 0.369. The van der Waals surface area contributed by atoms with Gasteiger partial charge in [-0.05, 0) is 31.5 Å². The first-order valence-electron chi connectivity index (χ1n) is 7.99. The molecule has 9 heteroatoms. The van der Waals surface area contributed by atoms with E-state index in [1.54, 1.807) is 35.6 Å². The van der Waals surface area contributed by atoms with Gasteiger partial charge in [-0.15, -0.1) is 35.3 Å². The number of hydrogen-bond acceptors (Lipinski definition) is 5. The third-order valence-corrected chi connectivity index (χ3v) is 5.48.